The fourth-order valence-corrected chi connectivity index (χ4v) is 2.29. The first-order chi connectivity index (χ1) is 9.40. The van der Waals surface area contributed by atoms with Gasteiger partial charge < -0.3 is 10.3 Å². The summed E-state index contributed by atoms with van der Waals surface area (Å²) in [5.41, 5.74) is 9.78. The smallest absolute Gasteiger partial charge is 0.186 e. The third-order valence-corrected chi connectivity index (χ3v) is 3.60. The summed E-state index contributed by atoms with van der Waals surface area (Å²) in [6, 6.07) is 9.81. The quantitative estimate of drug-likeness (QED) is 0.930. The van der Waals surface area contributed by atoms with E-state index in [-0.39, 0.29) is 11.5 Å². The van der Waals surface area contributed by atoms with Crippen molar-refractivity contribution >= 4 is 0 Å². The van der Waals surface area contributed by atoms with Crippen molar-refractivity contribution < 1.29 is 0 Å². The minimum absolute atomic E-state index is 0.00699. The molecular formula is C17H22N2O. The second-order valence-corrected chi connectivity index (χ2v) is 5.64. The van der Waals surface area contributed by atoms with Gasteiger partial charge in [-0.25, -0.2) is 0 Å². The molecule has 20 heavy (non-hydrogen) atoms. The van der Waals surface area contributed by atoms with Crippen molar-refractivity contribution in [1.29, 1.82) is 0 Å². The molecule has 1 unspecified atom stereocenters. The molecule has 2 aromatic rings. The van der Waals surface area contributed by atoms with Crippen LogP contribution in [0.25, 0.3) is 5.69 Å². The summed E-state index contributed by atoms with van der Waals surface area (Å²) in [4.78, 5) is 11.9. The minimum atomic E-state index is -0.260. The van der Waals surface area contributed by atoms with Crippen molar-refractivity contribution in [2.75, 3.05) is 0 Å². The number of nitrogens with two attached hydrogens (primary N) is 1. The van der Waals surface area contributed by atoms with Crippen LogP contribution < -0.4 is 11.2 Å². The van der Waals surface area contributed by atoms with Gasteiger partial charge in [0.1, 0.15) is 0 Å². The highest BCUT2D eigenvalue weighted by Crippen LogP contribution is 2.18. The van der Waals surface area contributed by atoms with Gasteiger partial charge in [-0.05, 0) is 37.5 Å². The van der Waals surface area contributed by atoms with E-state index in [1.807, 2.05) is 24.6 Å². The fourth-order valence-electron chi connectivity index (χ4n) is 2.29. The Balaban J connectivity index is 2.52. The summed E-state index contributed by atoms with van der Waals surface area (Å²) >= 11 is 0. The number of benzene rings is 1. The van der Waals surface area contributed by atoms with Crippen LogP contribution in [0.2, 0.25) is 0 Å². The number of pyridine rings is 1. The van der Waals surface area contributed by atoms with Crippen molar-refractivity contribution in [2.45, 2.75) is 39.7 Å². The average Bonchev–Trinajstić information content (AvgIpc) is 2.38. The molecule has 0 amide bonds. The molecule has 0 spiro atoms. The lowest BCUT2D eigenvalue weighted by atomic mass is 10.0. The number of rotatable bonds is 3. The molecule has 1 aromatic carbocycles. The third kappa shape index (κ3) is 2.83. The van der Waals surface area contributed by atoms with Gasteiger partial charge in [-0.1, -0.05) is 26.0 Å². The first-order valence-corrected chi connectivity index (χ1v) is 6.99. The van der Waals surface area contributed by atoms with Gasteiger partial charge in [0.05, 0.1) is 0 Å². The van der Waals surface area contributed by atoms with Crippen LogP contribution in [0.5, 0.6) is 0 Å². The van der Waals surface area contributed by atoms with Crippen LogP contribution in [0.1, 0.15) is 49.6 Å². The minimum Gasteiger partial charge on any atom is -0.324 e. The molecule has 0 saturated heterocycles. The van der Waals surface area contributed by atoms with E-state index in [4.69, 9.17) is 5.73 Å². The van der Waals surface area contributed by atoms with Crippen LogP contribution in [0.4, 0.5) is 0 Å². The van der Waals surface area contributed by atoms with Crippen LogP contribution in [-0.4, -0.2) is 4.57 Å². The summed E-state index contributed by atoms with van der Waals surface area (Å²) in [7, 11) is 0. The van der Waals surface area contributed by atoms with Gasteiger partial charge >= 0.3 is 0 Å². The molecule has 3 nitrogen and oxygen atoms in total. The Kier molecular flexibility index (Phi) is 4.09. The maximum Gasteiger partial charge on any atom is 0.186 e. The van der Waals surface area contributed by atoms with E-state index < -0.39 is 0 Å². The van der Waals surface area contributed by atoms with Crippen LogP contribution in [0, 0.1) is 6.92 Å². The second-order valence-electron chi connectivity index (χ2n) is 5.64. The van der Waals surface area contributed by atoms with Gasteiger partial charge in [0.2, 0.25) is 0 Å². The molecule has 1 atom stereocenters. The maximum atomic E-state index is 11.9. The van der Waals surface area contributed by atoms with Crippen LogP contribution in [-0.2, 0) is 0 Å². The number of aromatic nitrogens is 1. The molecular weight excluding hydrogens is 248 g/mol. The van der Waals surface area contributed by atoms with Crippen LogP contribution in [0.3, 0.4) is 0 Å². The predicted octanol–water partition coefficient (Wildman–Crippen LogP) is 3.29. The Morgan fingerprint density at radius 2 is 1.70 bits per heavy atom. The summed E-state index contributed by atoms with van der Waals surface area (Å²) < 4.78 is 2.02. The fraction of sp³-hybridized carbons (Fsp3) is 0.353. The molecule has 106 valence electrons. The van der Waals surface area contributed by atoms with Crippen molar-refractivity contribution in [3.05, 3.63) is 63.6 Å². The monoisotopic (exact) mass is 270 g/mol. The van der Waals surface area contributed by atoms with Crippen molar-refractivity contribution in [3.63, 3.8) is 0 Å². The Labute approximate surface area is 120 Å². The first-order valence-electron chi connectivity index (χ1n) is 6.99. The molecule has 1 aromatic heterocycles. The van der Waals surface area contributed by atoms with Gasteiger partial charge in [-0.3, -0.25) is 4.79 Å². The van der Waals surface area contributed by atoms with E-state index in [0.717, 1.165) is 11.4 Å². The van der Waals surface area contributed by atoms with Gasteiger partial charge in [0.25, 0.3) is 0 Å². The van der Waals surface area contributed by atoms with Crippen LogP contribution in [0.15, 0.2) is 41.3 Å². The molecule has 0 bridgehead atoms. The Morgan fingerprint density at radius 3 is 2.20 bits per heavy atom. The number of nitrogens with zero attached hydrogens (tertiary/aromatic N) is 1. The Bertz CT molecular complexity index is 652. The summed E-state index contributed by atoms with van der Waals surface area (Å²) in [6.07, 6.45) is 1.85. The molecule has 0 radical (unpaired) electrons. The zero-order valence-corrected chi connectivity index (χ0v) is 12.6. The van der Waals surface area contributed by atoms with E-state index in [1.165, 1.54) is 5.56 Å². The molecule has 0 fully saturated rings. The number of hydrogen-bond acceptors (Lipinski definition) is 2. The van der Waals surface area contributed by atoms with Gasteiger partial charge in [-0.2, -0.15) is 0 Å². The lowest BCUT2D eigenvalue weighted by molar-refractivity contribution is 0.786. The number of hydrogen-bond donors (Lipinski definition) is 1. The van der Waals surface area contributed by atoms with E-state index in [9.17, 15) is 4.79 Å². The normalized spacial score (nSPS) is 12.7. The SMILES string of the molecule is Cc1cc(=O)c(C(C)N)cn1-c1ccc(C(C)C)cc1. The summed E-state index contributed by atoms with van der Waals surface area (Å²) in [5.74, 6) is 0.513. The number of aryl methyl sites for hydroxylation is 1. The lowest BCUT2D eigenvalue weighted by Gasteiger charge is -2.15. The molecule has 0 aliphatic heterocycles. The zero-order valence-electron chi connectivity index (χ0n) is 12.6. The third-order valence-electron chi connectivity index (χ3n) is 3.60. The highest BCUT2D eigenvalue weighted by Gasteiger charge is 2.09. The largest absolute Gasteiger partial charge is 0.324 e. The maximum absolute atomic E-state index is 11.9. The molecule has 1 heterocycles. The highest BCUT2D eigenvalue weighted by atomic mass is 16.1. The van der Waals surface area contributed by atoms with E-state index in [2.05, 4.69) is 38.1 Å². The molecule has 0 saturated carbocycles. The highest BCUT2D eigenvalue weighted by molar-refractivity contribution is 5.38. The molecule has 3 heteroatoms. The lowest BCUT2D eigenvalue weighted by Crippen LogP contribution is -2.20. The van der Waals surface area contributed by atoms with E-state index >= 15 is 0 Å². The van der Waals surface area contributed by atoms with Gasteiger partial charge in [-0.15, -0.1) is 0 Å². The van der Waals surface area contributed by atoms with Gasteiger partial charge in [0, 0.05) is 35.2 Å². The van der Waals surface area contributed by atoms with Crippen molar-refractivity contribution in [3.8, 4) is 5.69 Å². The van der Waals surface area contributed by atoms with Crippen molar-refractivity contribution in [2.24, 2.45) is 5.73 Å². The summed E-state index contributed by atoms with van der Waals surface area (Å²) in [6.45, 7) is 8.11. The van der Waals surface area contributed by atoms with Crippen LogP contribution >= 0.6 is 0 Å². The predicted molar refractivity (Wildman–Crippen MR) is 83.5 cm³/mol. The standard InChI is InChI=1S/C17H22N2O/c1-11(2)14-5-7-15(8-6-14)19-10-16(13(4)18)17(20)9-12(19)3/h5-11,13H,18H2,1-4H3. The summed E-state index contributed by atoms with van der Waals surface area (Å²) in [5, 5.41) is 0. The Hall–Kier alpha value is -1.87. The molecule has 2 rings (SSSR count). The van der Waals surface area contributed by atoms with E-state index in [0.29, 0.717) is 11.5 Å². The van der Waals surface area contributed by atoms with E-state index in [1.54, 1.807) is 6.07 Å². The van der Waals surface area contributed by atoms with Crippen molar-refractivity contribution in [1.82, 2.24) is 4.57 Å². The molecule has 0 aliphatic carbocycles. The molecule has 0 aliphatic rings. The topological polar surface area (TPSA) is 48.0 Å². The zero-order chi connectivity index (χ0) is 14.9. The van der Waals surface area contributed by atoms with Gasteiger partial charge in [0.15, 0.2) is 5.43 Å². The first kappa shape index (κ1) is 14.5. The molecule has 2 N–H and O–H groups in total. The Morgan fingerprint density at radius 1 is 1.10 bits per heavy atom. The average molecular weight is 270 g/mol. The second kappa shape index (κ2) is 5.63.